The van der Waals surface area contributed by atoms with Crippen LogP contribution in [0.5, 0.6) is 0 Å². The topological polar surface area (TPSA) is 0 Å². The van der Waals surface area contributed by atoms with E-state index in [0.717, 1.165) is 6.42 Å². The van der Waals surface area contributed by atoms with Crippen molar-refractivity contribution < 1.29 is 0 Å². The van der Waals surface area contributed by atoms with Gasteiger partial charge in [0.15, 0.2) is 0 Å². The molecule has 1 aliphatic carbocycles. The van der Waals surface area contributed by atoms with Gasteiger partial charge in [0.25, 0.3) is 0 Å². The number of rotatable bonds is 7. The van der Waals surface area contributed by atoms with Crippen LogP contribution in [0.2, 0.25) is 0 Å². The zero-order valence-corrected chi connectivity index (χ0v) is 18.1. The van der Waals surface area contributed by atoms with Crippen LogP contribution < -0.4 is 0 Å². The van der Waals surface area contributed by atoms with Gasteiger partial charge in [-0.25, -0.2) is 0 Å². The minimum Gasteiger partial charge on any atom is -0.0654 e. The molecule has 0 saturated heterocycles. The molecule has 0 N–H and O–H groups in total. The normalized spacial score (nSPS) is 15.9. The lowest BCUT2D eigenvalue weighted by Crippen LogP contribution is -2.13. The Kier molecular flexibility index (Phi) is 6.49. The molecule has 29 heavy (non-hydrogen) atoms. The van der Waals surface area contributed by atoms with Crippen molar-refractivity contribution in [3.63, 3.8) is 0 Å². The third-order valence-corrected chi connectivity index (χ3v) is 6.65. The van der Waals surface area contributed by atoms with Crippen LogP contribution in [-0.2, 0) is 25.7 Å². The Balaban J connectivity index is 1.44. The van der Waals surface area contributed by atoms with Crippen molar-refractivity contribution in [3.8, 4) is 11.1 Å². The first-order valence-electron chi connectivity index (χ1n) is 11.6. The molecule has 0 heterocycles. The van der Waals surface area contributed by atoms with Crippen LogP contribution in [0.4, 0.5) is 0 Å². The minimum atomic E-state index is 0.668. The van der Waals surface area contributed by atoms with Crippen molar-refractivity contribution >= 4 is 0 Å². The third kappa shape index (κ3) is 4.81. The van der Waals surface area contributed by atoms with Gasteiger partial charge in [0.1, 0.15) is 0 Å². The first kappa shape index (κ1) is 20.0. The molecule has 3 aromatic carbocycles. The molecule has 0 nitrogen and oxygen atoms in total. The van der Waals surface area contributed by atoms with E-state index in [0.29, 0.717) is 5.92 Å². The molecule has 150 valence electrons. The van der Waals surface area contributed by atoms with Gasteiger partial charge in [-0.05, 0) is 83.4 Å². The lowest BCUT2D eigenvalue weighted by atomic mass is 9.79. The van der Waals surface area contributed by atoms with Crippen LogP contribution in [0.1, 0.15) is 73.3 Å². The van der Waals surface area contributed by atoms with Crippen LogP contribution in [0.25, 0.3) is 11.1 Å². The van der Waals surface area contributed by atoms with Gasteiger partial charge < -0.3 is 0 Å². The van der Waals surface area contributed by atoms with E-state index >= 15 is 0 Å². The Labute approximate surface area is 177 Å². The first-order chi connectivity index (χ1) is 14.3. The Morgan fingerprint density at radius 1 is 0.724 bits per heavy atom. The molecular formula is C29H34. The molecule has 0 fully saturated rings. The Morgan fingerprint density at radius 3 is 2.17 bits per heavy atom. The fraction of sp³-hybridized carbons (Fsp3) is 0.379. The van der Waals surface area contributed by atoms with Crippen LogP contribution >= 0.6 is 0 Å². The van der Waals surface area contributed by atoms with Gasteiger partial charge in [0.05, 0.1) is 0 Å². The van der Waals surface area contributed by atoms with Crippen molar-refractivity contribution in [2.45, 2.75) is 71.1 Å². The van der Waals surface area contributed by atoms with Gasteiger partial charge in [-0.3, -0.25) is 0 Å². The summed E-state index contributed by atoms with van der Waals surface area (Å²) in [5, 5.41) is 0. The molecule has 0 saturated carbocycles. The number of hydrogen-bond acceptors (Lipinski definition) is 0. The molecule has 0 spiro atoms. The molecule has 0 aliphatic heterocycles. The number of aryl methyl sites for hydroxylation is 3. The van der Waals surface area contributed by atoms with Gasteiger partial charge in [-0.1, -0.05) is 93.4 Å². The van der Waals surface area contributed by atoms with Gasteiger partial charge in [0, 0.05) is 0 Å². The molecule has 1 unspecified atom stereocenters. The fourth-order valence-electron chi connectivity index (χ4n) is 4.69. The molecule has 1 atom stereocenters. The Hall–Kier alpha value is -2.34. The first-order valence-corrected chi connectivity index (χ1v) is 11.6. The van der Waals surface area contributed by atoms with Crippen molar-refractivity contribution in [1.29, 1.82) is 0 Å². The van der Waals surface area contributed by atoms with Crippen molar-refractivity contribution in [3.05, 3.63) is 94.5 Å². The summed E-state index contributed by atoms with van der Waals surface area (Å²) < 4.78 is 0. The van der Waals surface area contributed by atoms with E-state index in [1.54, 1.807) is 11.1 Å². The summed E-state index contributed by atoms with van der Waals surface area (Å²) in [4.78, 5) is 0. The summed E-state index contributed by atoms with van der Waals surface area (Å²) in [5.74, 6) is 0.668. The van der Waals surface area contributed by atoms with Crippen molar-refractivity contribution in [2.75, 3.05) is 0 Å². The Morgan fingerprint density at radius 2 is 1.45 bits per heavy atom. The van der Waals surface area contributed by atoms with E-state index in [4.69, 9.17) is 0 Å². The average Bonchev–Trinajstić information content (AvgIpc) is 2.79. The maximum atomic E-state index is 2.43. The second-order valence-electron chi connectivity index (χ2n) is 8.67. The summed E-state index contributed by atoms with van der Waals surface area (Å²) in [6.45, 7) is 4.49. The molecule has 0 aromatic heterocycles. The van der Waals surface area contributed by atoms with Gasteiger partial charge in [0.2, 0.25) is 0 Å². The molecule has 3 aromatic rings. The van der Waals surface area contributed by atoms with E-state index in [1.165, 1.54) is 72.8 Å². The zero-order chi connectivity index (χ0) is 20.1. The summed E-state index contributed by atoms with van der Waals surface area (Å²) in [7, 11) is 0. The molecule has 0 bridgehead atoms. The van der Waals surface area contributed by atoms with E-state index in [9.17, 15) is 0 Å². The van der Waals surface area contributed by atoms with Crippen LogP contribution in [0.15, 0.2) is 66.7 Å². The summed E-state index contributed by atoms with van der Waals surface area (Å²) in [6.07, 6.45) is 9.92. The highest BCUT2D eigenvalue weighted by atomic mass is 14.2. The molecule has 0 radical (unpaired) electrons. The molecule has 1 aliphatic rings. The van der Waals surface area contributed by atoms with Gasteiger partial charge in [-0.2, -0.15) is 0 Å². The number of unbranched alkanes of at least 4 members (excludes halogenated alkanes) is 2. The predicted molar refractivity (Wildman–Crippen MR) is 126 cm³/mol. The summed E-state index contributed by atoms with van der Waals surface area (Å²) >= 11 is 0. The monoisotopic (exact) mass is 382 g/mol. The third-order valence-electron chi connectivity index (χ3n) is 6.65. The number of fused-ring (bicyclic) bond motifs is 1. The fourth-order valence-corrected chi connectivity index (χ4v) is 4.69. The summed E-state index contributed by atoms with van der Waals surface area (Å²) in [6, 6.07) is 25.7. The van der Waals surface area contributed by atoms with Crippen LogP contribution in [0, 0.1) is 0 Å². The van der Waals surface area contributed by atoms with E-state index in [2.05, 4.69) is 80.6 Å². The van der Waals surface area contributed by atoms with E-state index in [1.807, 2.05) is 0 Å². The van der Waals surface area contributed by atoms with E-state index in [-0.39, 0.29) is 0 Å². The Bertz CT molecular complexity index is 915. The lowest BCUT2D eigenvalue weighted by molar-refractivity contribution is 0.585. The standard InChI is InChI=1S/C29H34/c1-3-5-6-7-23-10-14-25(15-11-23)27-17-19-28-20-26(16-18-29(28)21-27)24-12-8-22(4-2)9-13-24/h8-16,18,20,27H,3-7,17,19,21H2,1-2H3. The van der Waals surface area contributed by atoms with Gasteiger partial charge >= 0.3 is 0 Å². The maximum Gasteiger partial charge on any atom is -0.0118 e. The minimum absolute atomic E-state index is 0.668. The SMILES string of the molecule is CCCCCc1ccc(C2CCc3cc(-c4ccc(CC)cc4)ccc3C2)cc1. The lowest BCUT2D eigenvalue weighted by Gasteiger charge is -2.26. The molecular weight excluding hydrogens is 348 g/mol. The van der Waals surface area contributed by atoms with Crippen molar-refractivity contribution in [2.24, 2.45) is 0 Å². The smallest absolute Gasteiger partial charge is 0.0118 e. The highest BCUT2D eigenvalue weighted by molar-refractivity contribution is 5.65. The maximum absolute atomic E-state index is 2.43. The number of hydrogen-bond donors (Lipinski definition) is 0. The van der Waals surface area contributed by atoms with E-state index < -0.39 is 0 Å². The molecule has 4 rings (SSSR count). The zero-order valence-electron chi connectivity index (χ0n) is 18.1. The molecule has 0 heteroatoms. The van der Waals surface area contributed by atoms with Crippen molar-refractivity contribution in [1.82, 2.24) is 0 Å². The predicted octanol–water partition coefficient (Wildman–Crippen LogP) is 7.92. The highest BCUT2D eigenvalue weighted by Gasteiger charge is 2.20. The molecule has 0 amide bonds. The number of benzene rings is 3. The average molecular weight is 383 g/mol. The van der Waals surface area contributed by atoms with Crippen LogP contribution in [-0.4, -0.2) is 0 Å². The van der Waals surface area contributed by atoms with Crippen LogP contribution in [0.3, 0.4) is 0 Å². The second kappa shape index (κ2) is 9.44. The highest BCUT2D eigenvalue weighted by Crippen LogP contribution is 2.35. The summed E-state index contributed by atoms with van der Waals surface area (Å²) in [5.41, 5.74) is 10.2. The quantitative estimate of drug-likeness (QED) is 0.364. The largest absolute Gasteiger partial charge is 0.0654 e. The second-order valence-corrected chi connectivity index (χ2v) is 8.67. The van der Waals surface area contributed by atoms with Gasteiger partial charge in [-0.15, -0.1) is 0 Å².